The van der Waals surface area contributed by atoms with Crippen LogP contribution in [0.5, 0.6) is 0 Å². The molecule has 0 radical (unpaired) electrons. The van der Waals surface area contributed by atoms with Gasteiger partial charge in [0.15, 0.2) is 0 Å². The van der Waals surface area contributed by atoms with Crippen molar-refractivity contribution < 1.29 is 18.5 Å². The number of rotatable bonds is 11. The van der Waals surface area contributed by atoms with E-state index in [-0.39, 0.29) is 12.0 Å². The van der Waals surface area contributed by atoms with Gasteiger partial charge in [-0.2, -0.15) is 0 Å². The fourth-order valence-corrected chi connectivity index (χ4v) is 3.89. The summed E-state index contributed by atoms with van der Waals surface area (Å²) in [6.07, 6.45) is 4.45. The van der Waals surface area contributed by atoms with E-state index in [4.69, 9.17) is 14.8 Å². The summed E-state index contributed by atoms with van der Waals surface area (Å²) in [4.78, 5) is 9.89. The minimum Gasteiger partial charge on any atom is -0.303 e. The molecule has 0 bridgehead atoms. The first-order chi connectivity index (χ1) is 9.26. The minimum absolute atomic E-state index is 0.210. The third-order valence-electron chi connectivity index (χ3n) is 4.48. The van der Waals surface area contributed by atoms with Gasteiger partial charge in [-0.15, -0.1) is 0 Å². The second kappa shape index (κ2) is 8.50. The molecule has 122 valence electrons. The molecule has 0 amide bonds. The molecule has 0 aliphatic carbocycles. The average Bonchev–Trinajstić information content (AvgIpc) is 2.40. The van der Waals surface area contributed by atoms with E-state index in [9.17, 15) is 9.46 Å². The van der Waals surface area contributed by atoms with Crippen molar-refractivity contribution in [2.24, 2.45) is 11.1 Å². The van der Waals surface area contributed by atoms with E-state index in [1.165, 1.54) is 0 Å². The van der Waals surface area contributed by atoms with Gasteiger partial charge in [0, 0.05) is 5.41 Å². The Morgan fingerprint density at radius 3 is 1.90 bits per heavy atom. The summed E-state index contributed by atoms with van der Waals surface area (Å²) in [6.45, 7) is 10.2. The predicted octanol–water partition coefficient (Wildman–Crippen LogP) is 4.20. The molecule has 0 heterocycles. The number of nitrogens with two attached hydrogens (primary N) is 1. The molecule has 0 spiro atoms. The van der Waals surface area contributed by atoms with Gasteiger partial charge in [0.1, 0.15) is 5.72 Å². The van der Waals surface area contributed by atoms with Gasteiger partial charge >= 0.3 is 7.82 Å². The van der Waals surface area contributed by atoms with Crippen molar-refractivity contribution >= 4 is 7.82 Å². The van der Waals surface area contributed by atoms with E-state index in [1.54, 1.807) is 0 Å². The molecule has 0 aromatic heterocycles. The molecule has 0 fully saturated rings. The number of hydrogen-bond acceptors (Lipinski definition) is 4. The molecule has 0 aromatic rings. The van der Waals surface area contributed by atoms with E-state index in [0.29, 0.717) is 6.42 Å². The highest BCUT2D eigenvalue weighted by molar-refractivity contribution is 7.47. The van der Waals surface area contributed by atoms with Crippen molar-refractivity contribution in [3.63, 3.8) is 0 Å². The normalized spacial score (nSPS) is 18.6. The molecule has 20 heavy (non-hydrogen) atoms. The molecule has 0 saturated heterocycles. The van der Waals surface area contributed by atoms with E-state index in [2.05, 4.69) is 0 Å². The second-order valence-electron chi connectivity index (χ2n) is 5.33. The van der Waals surface area contributed by atoms with Crippen molar-refractivity contribution in [1.29, 1.82) is 0 Å². The Kier molecular flexibility index (Phi) is 8.53. The zero-order valence-electron chi connectivity index (χ0n) is 13.6. The fraction of sp³-hybridized carbons (Fsp3) is 1.00. The SMILES string of the molecule is CCCCOP(=O)(O)OC(N)(CC)C(CC)(CC)CC. The number of hydrogen-bond donors (Lipinski definition) is 2. The van der Waals surface area contributed by atoms with Gasteiger partial charge in [0.05, 0.1) is 6.61 Å². The highest BCUT2D eigenvalue weighted by Crippen LogP contribution is 2.54. The van der Waals surface area contributed by atoms with Gasteiger partial charge in [-0.25, -0.2) is 4.57 Å². The van der Waals surface area contributed by atoms with Crippen molar-refractivity contribution in [2.45, 2.75) is 78.9 Å². The summed E-state index contributed by atoms with van der Waals surface area (Å²) in [5.41, 5.74) is 4.89. The van der Waals surface area contributed by atoms with Crippen molar-refractivity contribution in [1.82, 2.24) is 0 Å². The summed E-state index contributed by atoms with van der Waals surface area (Å²) in [6, 6.07) is 0. The third-order valence-corrected chi connectivity index (χ3v) is 5.55. The maximum absolute atomic E-state index is 12.1. The van der Waals surface area contributed by atoms with Crippen LogP contribution >= 0.6 is 7.82 Å². The topological polar surface area (TPSA) is 81.8 Å². The molecule has 6 heteroatoms. The molecule has 2 atom stereocenters. The van der Waals surface area contributed by atoms with Gasteiger partial charge < -0.3 is 10.6 Å². The smallest absolute Gasteiger partial charge is 0.303 e. The largest absolute Gasteiger partial charge is 0.473 e. The standard InChI is InChI=1S/C14H32NO4P/c1-6-11-12-18-20(16,17)19-14(15,10-5)13(7-2,8-3)9-4/h6-12,15H2,1-5H3,(H,16,17). The lowest BCUT2D eigenvalue weighted by Crippen LogP contribution is -2.56. The molecular formula is C14H32NO4P. The van der Waals surface area contributed by atoms with Gasteiger partial charge in [0.2, 0.25) is 0 Å². The molecule has 0 aliphatic rings. The lowest BCUT2D eigenvalue weighted by atomic mass is 9.70. The summed E-state index contributed by atoms with van der Waals surface area (Å²) < 4.78 is 22.5. The monoisotopic (exact) mass is 309 g/mol. The number of unbranched alkanes of at least 4 members (excludes halogenated alkanes) is 1. The molecule has 5 nitrogen and oxygen atoms in total. The van der Waals surface area contributed by atoms with E-state index in [1.807, 2.05) is 34.6 Å². The number of phosphoric ester groups is 1. The summed E-state index contributed by atoms with van der Waals surface area (Å²) in [5.74, 6) is 0. The molecule has 3 N–H and O–H groups in total. The lowest BCUT2D eigenvalue weighted by molar-refractivity contribution is -0.0886. The van der Waals surface area contributed by atoms with Crippen LogP contribution in [0.25, 0.3) is 0 Å². The maximum atomic E-state index is 12.1. The first-order valence-electron chi connectivity index (χ1n) is 7.73. The Labute approximate surface area is 123 Å². The molecule has 0 rings (SSSR count). The fourth-order valence-electron chi connectivity index (χ4n) is 2.74. The third kappa shape index (κ3) is 4.81. The Hall–Kier alpha value is 0.0700. The van der Waals surface area contributed by atoms with Crippen LogP contribution in [0.2, 0.25) is 0 Å². The zero-order chi connectivity index (χ0) is 15.9. The minimum atomic E-state index is -4.12. The van der Waals surface area contributed by atoms with Crippen LogP contribution in [0.4, 0.5) is 0 Å². The van der Waals surface area contributed by atoms with Gasteiger partial charge in [-0.3, -0.25) is 9.05 Å². The van der Waals surface area contributed by atoms with E-state index < -0.39 is 13.5 Å². The van der Waals surface area contributed by atoms with Crippen molar-refractivity contribution in [3.8, 4) is 0 Å². The van der Waals surface area contributed by atoms with Crippen molar-refractivity contribution in [3.05, 3.63) is 0 Å². The van der Waals surface area contributed by atoms with Crippen LogP contribution in [-0.2, 0) is 13.6 Å². The number of phosphoric acid groups is 1. The highest BCUT2D eigenvalue weighted by Gasteiger charge is 2.49. The zero-order valence-corrected chi connectivity index (χ0v) is 14.5. The molecule has 0 aromatic carbocycles. The molecule has 0 saturated carbocycles. The Morgan fingerprint density at radius 1 is 1.05 bits per heavy atom. The Balaban J connectivity index is 5.09. The van der Waals surface area contributed by atoms with Gasteiger partial charge in [-0.1, -0.05) is 41.0 Å². The predicted molar refractivity (Wildman–Crippen MR) is 82.3 cm³/mol. The van der Waals surface area contributed by atoms with Gasteiger partial charge in [-0.05, 0) is 32.1 Å². The quantitative estimate of drug-likeness (QED) is 0.339. The van der Waals surface area contributed by atoms with Crippen LogP contribution in [0.15, 0.2) is 0 Å². The second-order valence-corrected chi connectivity index (χ2v) is 6.71. The molecule has 0 aliphatic heterocycles. The van der Waals surface area contributed by atoms with E-state index in [0.717, 1.165) is 32.1 Å². The van der Waals surface area contributed by atoms with Crippen LogP contribution in [0, 0.1) is 5.41 Å². The average molecular weight is 309 g/mol. The lowest BCUT2D eigenvalue weighted by Gasteiger charge is -2.46. The molecular weight excluding hydrogens is 277 g/mol. The molecule has 2 unspecified atom stereocenters. The first-order valence-corrected chi connectivity index (χ1v) is 9.22. The van der Waals surface area contributed by atoms with Gasteiger partial charge in [0.25, 0.3) is 0 Å². The van der Waals surface area contributed by atoms with E-state index >= 15 is 0 Å². The Bertz CT molecular complexity index is 312. The van der Waals surface area contributed by atoms with Crippen LogP contribution in [0.3, 0.4) is 0 Å². The van der Waals surface area contributed by atoms with Crippen LogP contribution < -0.4 is 5.73 Å². The maximum Gasteiger partial charge on any atom is 0.473 e. The van der Waals surface area contributed by atoms with Crippen molar-refractivity contribution in [2.75, 3.05) is 6.61 Å². The van der Waals surface area contributed by atoms with Crippen LogP contribution in [-0.4, -0.2) is 17.2 Å². The van der Waals surface area contributed by atoms with Crippen LogP contribution in [0.1, 0.15) is 73.1 Å². The summed E-state index contributed by atoms with van der Waals surface area (Å²) in [5, 5.41) is 0. The Morgan fingerprint density at radius 2 is 1.55 bits per heavy atom. The highest BCUT2D eigenvalue weighted by atomic mass is 31.2. The summed E-state index contributed by atoms with van der Waals surface area (Å²) >= 11 is 0. The first kappa shape index (κ1) is 20.1. The summed E-state index contributed by atoms with van der Waals surface area (Å²) in [7, 11) is -4.12.